The molecular formula is C18H18O3. The van der Waals surface area contributed by atoms with E-state index < -0.39 is 5.97 Å². The molecule has 0 saturated heterocycles. The van der Waals surface area contributed by atoms with Crippen LogP contribution in [0.25, 0.3) is 0 Å². The first kappa shape index (κ1) is 13.7. The van der Waals surface area contributed by atoms with Crippen LogP contribution in [0.15, 0.2) is 36.4 Å². The lowest BCUT2D eigenvalue weighted by Crippen LogP contribution is -2.16. The summed E-state index contributed by atoms with van der Waals surface area (Å²) in [6, 6.07) is 11.2. The van der Waals surface area contributed by atoms with E-state index in [9.17, 15) is 4.79 Å². The smallest absolute Gasteiger partial charge is 0.335 e. The number of fused-ring (bicyclic) bond motifs is 1. The Balaban J connectivity index is 1.87. The van der Waals surface area contributed by atoms with Gasteiger partial charge in [0.15, 0.2) is 0 Å². The minimum absolute atomic E-state index is 0.00143. The molecule has 3 heteroatoms. The summed E-state index contributed by atoms with van der Waals surface area (Å²) in [6.45, 7) is 4.19. The monoisotopic (exact) mass is 282 g/mol. The third-order valence-corrected chi connectivity index (χ3v) is 4.03. The van der Waals surface area contributed by atoms with Crippen molar-refractivity contribution in [3.8, 4) is 5.75 Å². The maximum Gasteiger partial charge on any atom is 0.335 e. The minimum atomic E-state index is -0.900. The number of hydrogen-bond donors (Lipinski definition) is 1. The number of benzene rings is 2. The van der Waals surface area contributed by atoms with Crippen molar-refractivity contribution in [1.82, 2.24) is 0 Å². The van der Waals surface area contributed by atoms with Gasteiger partial charge in [0.05, 0.1) is 5.56 Å². The van der Waals surface area contributed by atoms with Crippen molar-refractivity contribution in [3.05, 3.63) is 64.2 Å². The van der Waals surface area contributed by atoms with E-state index in [1.54, 1.807) is 12.1 Å². The number of carbonyl (C=O) groups is 1. The third kappa shape index (κ3) is 2.64. The summed E-state index contributed by atoms with van der Waals surface area (Å²) in [5, 5.41) is 8.95. The summed E-state index contributed by atoms with van der Waals surface area (Å²) in [5.74, 6) is 0.0637. The second-order valence-electron chi connectivity index (χ2n) is 5.63. The number of carboxylic acid groups (broad SMARTS) is 1. The van der Waals surface area contributed by atoms with Crippen LogP contribution >= 0.6 is 0 Å². The van der Waals surface area contributed by atoms with Gasteiger partial charge in [-0.1, -0.05) is 18.2 Å². The molecule has 1 atom stereocenters. The average molecular weight is 282 g/mol. The van der Waals surface area contributed by atoms with Gasteiger partial charge in [-0.2, -0.15) is 0 Å². The zero-order chi connectivity index (χ0) is 15.0. The second-order valence-corrected chi connectivity index (χ2v) is 5.63. The highest BCUT2D eigenvalue weighted by molar-refractivity contribution is 5.87. The van der Waals surface area contributed by atoms with Gasteiger partial charge in [0.25, 0.3) is 0 Å². The van der Waals surface area contributed by atoms with Crippen molar-refractivity contribution >= 4 is 5.97 Å². The van der Waals surface area contributed by atoms with E-state index in [0.717, 1.165) is 24.2 Å². The molecule has 0 amide bonds. The molecule has 108 valence electrons. The fraction of sp³-hybridized carbons (Fsp3) is 0.278. The van der Waals surface area contributed by atoms with Gasteiger partial charge in [-0.15, -0.1) is 0 Å². The van der Waals surface area contributed by atoms with Crippen LogP contribution in [-0.2, 0) is 6.42 Å². The van der Waals surface area contributed by atoms with Crippen molar-refractivity contribution in [2.75, 3.05) is 0 Å². The van der Waals surface area contributed by atoms with Gasteiger partial charge in [-0.3, -0.25) is 0 Å². The molecule has 21 heavy (non-hydrogen) atoms. The molecule has 0 spiro atoms. The summed E-state index contributed by atoms with van der Waals surface area (Å²) in [5.41, 5.74) is 5.11. The Morgan fingerprint density at radius 1 is 1.19 bits per heavy atom. The molecule has 1 heterocycles. The summed E-state index contributed by atoms with van der Waals surface area (Å²) >= 11 is 0. The molecule has 0 radical (unpaired) electrons. The van der Waals surface area contributed by atoms with Gasteiger partial charge >= 0.3 is 5.97 Å². The van der Waals surface area contributed by atoms with Crippen molar-refractivity contribution in [2.24, 2.45) is 0 Å². The molecule has 0 saturated carbocycles. The summed E-state index contributed by atoms with van der Waals surface area (Å²) < 4.78 is 6.13. The van der Waals surface area contributed by atoms with Gasteiger partial charge in [0.1, 0.15) is 11.9 Å². The van der Waals surface area contributed by atoms with Crippen LogP contribution < -0.4 is 4.74 Å². The predicted octanol–water partition coefficient (Wildman–Crippen LogP) is 4.07. The fourth-order valence-corrected chi connectivity index (χ4v) is 2.95. The van der Waals surface area contributed by atoms with Crippen LogP contribution in [0.2, 0.25) is 0 Å². The summed E-state index contributed by atoms with van der Waals surface area (Å²) in [7, 11) is 0. The average Bonchev–Trinajstić information content (AvgIpc) is 2.46. The molecule has 2 aromatic rings. The van der Waals surface area contributed by atoms with Gasteiger partial charge < -0.3 is 9.84 Å². The Morgan fingerprint density at radius 2 is 1.90 bits per heavy atom. The zero-order valence-corrected chi connectivity index (χ0v) is 12.2. The molecule has 0 aliphatic carbocycles. The molecule has 1 aliphatic heterocycles. The van der Waals surface area contributed by atoms with Crippen LogP contribution in [0.4, 0.5) is 0 Å². The molecule has 0 aromatic heterocycles. The van der Waals surface area contributed by atoms with E-state index >= 15 is 0 Å². The maximum absolute atomic E-state index is 10.9. The quantitative estimate of drug-likeness (QED) is 0.903. The van der Waals surface area contributed by atoms with Gasteiger partial charge in [-0.25, -0.2) is 4.79 Å². The van der Waals surface area contributed by atoms with E-state index in [4.69, 9.17) is 9.84 Å². The highest BCUT2D eigenvalue weighted by atomic mass is 16.5. The number of carboxylic acids is 1. The Kier molecular flexibility index (Phi) is 3.42. The van der Waals surface area contributed by atoms with Crippen molar-refractivity contribution in [3.63, 3.8) is 0 Å². The first-order chi connectivity index (χ1) is 10.0. The van der Waals surface area contributed by atoms with E-state index in [2.05, 4.69) is 26.0 Å². The number of ether oxygens (including phenoxy) is 1. The Hall–Kier alpha value is -2.29. The lowest BCUT2D eigenvalue weighted by molar-refractivity contribution is 0.0696. The third-order valence-electron chi connectivity index (χ3n) is 4.03. The molecule has 3 rings (SSSR count). The minimum Gasteiger partial charge on any atom is -0.485 e. The SMILES string of the molecule is Cc1cc(C)c2c(c1)OC(c1ccc(C(=O)O)cc1)CC2. The van der Waals surface area contributed by atoms with Crippen LogP contribution in [0, 0.1) is 13.8 Å². The van der Waals surface area contributed by atoms with E-state index in [0.29, 0.717) is 5.56 Å². The second kappa shape index (κ2) is 5.24. The van der Waals surface area contributed by atoms with E-state index in [1.807, 2.05) is 12.1 Å². The molecule has 1 N–H and O–H groups in total. The van der Waals surface area contributed by atoms with E-state index in [-0.39, 0.29) is 6.10 Å². The maximum atomic E-state index is 10.9. The molecule has 2 aromatic carbocycles. The van der Waals surface area contributed by atoms with Crippen molar-refractivity contribution in [2.45, 2.75) is 32.8 Å². The highest BCUT2D eigenvalue weighted by Gasteiger charge is 2.22. The van der Waals surface area contributed by atoms with Crippen LogP contribution in [0.3, 0.4) is 0 Å². The van der Waals surface area contributed by atoms with Crippen LogP contribution in [0.5, 0.6) is 5.75 Å². The molecular weight excluding hydrogens is 264 g/mol. The topological polar surface area (TPSA) is 46.5 Å². The number of hydrogen-bond acceptors (Lipinski definition) is 2. The predicted molar refractivity (Wildman–Crippen MR) is 81.0 cm³/mol. The van der Waals surface area contributed by atoms with Crippen LogP contribution in [0.1, 0.15) is 45.1 Å². The standard InChI is InChI=1S/C18H18O3/c1-11-9-12(2)15-7-8-16(21-17(15)10-11)13-3-5-14(6-4-13)18(19)20/h3-6,9-10,16H,7-8H2,1-2H3,(H,19,20). The first-order valence-electron chi connectivity index (χ1n) is 7.14. The van der Waals surface area contributed by atoms with Gasteiger partial charge in [0.2, 0.25) is 0 Å². The number of aryl methyl sites for hydroxylation is 2. The molecule has 1 aliphatic rings. The van der Waals surface area contributed by atoms with Crippen molar-refractivity contribution < 1.29 is 14.6 Å². The van der Waals surface area contributed by atoms with Gasteiger partial charge in [-0.05, 0) is 67.1 Å². The zero-order valence-electron chi connectivity index (χ0n) is 12.2. The molecule has 3 nitrogen and oxygen atoms in total. The van der Waals surface area contributed by atoms with Crippen molar-refractivity contribution in [1.29, 1.82) is 0 Å². The highest BCUT2D eigenvalue weighted by Crippen LogP contribution is 2.37. The Labute approximate surface area is 124 Å². The Bertz CT molecular complexity index is 686. The number of rotatable bonds is 2. The number of aromatic carboxylic acids is 1. The fourth-order valence-electron chi connectivity index (χ4n) is 2.95. The summed E-state index contributed by atoms with van der Waals surface area (Å²) in [6.07, 6.45) is 1.91. The molecule has 0 bridgehead atoms. The largest absolute Gasteiger partial charge is 0.485 e. The molecule has 1 unspecified atom stereocenters. The Morgan fingerprint density at radius 3 is 2.57 bits per heavy atom. The first-order valence-corrected chi connectivity index (χ1v) is 7.14. The van der Waals surface area contributed by atoms with Crippen LogP contribution in [-0.4, -0.2) is 11.1 Å². The normalized spacial score (nSPS) is 17.0. The van der Waals surface area contributed by atoms with E-state index in [1.165, 1.54) is 16.7 Å². The molecule has 0 fully saturated rings. The lowest BCUT2D eigenvalue weighted by atomic mass is 9.93. The lowest BCUT2D eigenvalue weighted by Gasteiger charge is -2.28. The van der Waals surface area contributed by atoms with Gasteiger partial charge in [0, 0.05) is 0 Å². The summed E-state index contributed by atoms with van der Waals surface area (Å²) in [4.78, 5) is 10.9.